The number of thioether (sulfide) groups is 1. The molecule has 1 aliphatic rings. The summed E-state index contributed by atoms with van der Waals surface area (Å²) in [4.78, 5) is 22.3. The average molecular weight is 402 g/mol. The van der Waals surface area contributed by atoms with Crippen LogP contribution in [0, 0.1) is 0 Å². The molecular weight excluding hydrogens is 386 g/mol. The van der Waals surface area contributed by atoms with Crippen LogP contribution in [0.15, 0.2) is 39.2 Å². The Morgan fingerprint density at radius 3 is 3.04 bits per heavy atom. The van der Waals surface area contributed by atoms with Gasteiger partial charge in [0.15, 0.2) is 5.16 Å². The fourth-order valence-corrected chi connectivity index (χ4v) is 5.63. The van der Waals surface area contributed by atoms with E-state index in [2.05, 4.69) is 19.7 Å². The second-order valence-corrected chi connectivity index (χ2v) is 9.38. The van der Waals surface area contributed by atoms with Gasteiger partial charge in [0.25, 0.3) is 5.56 Å². The minimum absolute atomic E-state index is 0.0129. The van der Waals surface area contributed by atoms with Gasteiger partial charge >= 0.3 is 0 Å². The molecule has 1 unspecified atom stereocenters. The molecule has 0 spiro atoms. The molecule has 4 heterocycles. The highest BCUT2D eigenvalue weighted by Gasteiger charge is 2.27. The van der Waals surface area contributed by atoms with E-state index in [4.69, 9.17) is 4.98 Å². The highest BCUT2D eigenvalue weighted by atomic mass is 32.2. The smallest absolute Gasteiger partial charge is 0.260 e. The maximum Gasteiger partial charge on any atom is 0.260 e. The average Bonchev–Trinajstić information content (AvgIpc) is 3.06. The highest BCUT2D eigenvalue weighted by Crippen LogP contribution is 2.40. The number of hydrogen-bond donors (Lipinski definition) is 1. The standard InChI is InChI=1S/C17H15N5OS3/c1-9(26-17-21-18-8-22(17)10-4-5-10)14-19-15(23)13-11(7-25-16(13)20-14)12-3-2-6-24-12/h2-3,6-10H,4-5H2,1H3,(H,19,20,23). The Morgan fingerprint density at radius 1 is 1.38 bits per heavy atom. The first-order chi connectivity index (χ1) is 12.7. The number of H-pyrrole nitrogens is 1. The largest absolute Gasteiger partial charge is 0.309 e. The van der Waals surface area contributed by atoms with Crippen LogP contribution in [0.3, 0.4) is 0 Å². The van der Waals surface area contributed by atoms with Crippen LogP contribution >= 0.6 is 34.4 Å². The van der Waals surface area contributed by atoms with Gasteiger partial charge in [0.05, 0.1) is 10.6 Å². The van der Waals surface area contributed by atoms with Crippen LogP contribution in [-0.4, -0.2) is 24.7 Å². The summed E-state index contributed by atoms with van der Waals surface area (Å²) in [7, 11) is 0. The molecule has 1 atom stereocenters. The van der Waals surface area contributed by atoms with E-state index in [-0.39, 0.29) is 10.8 Å². The Balaban J connectivity index is 1.49. The molecule has 5 rings (SSSR count). The molecule has 0 bridgehead atoms. The predicted molar refractivity (Wildman–Crippen MR) is 106 cm³/mol. The second-order valence-electron chi connectivity index (χ2n) is 6.27. The zero-order chi connectivity index (χ0) is 17.7. The summed E-state index contributed by atoms with van der Waals surface area (Å²) in [5.41, 5.74) is 0.889. The Kier molecular flexibility index (Phi) is 3.95. The van der Waals surface area contributed by atoms with Crippen molar-refractivity contribution in [2.75, 3.05) is 0 Å². The van der Waals surface area contributed by atoms with Crippen molar-refractivity contribution in [2.45, 2.75) is 36.2 Å². The number of thiophene rings is 2. The molecular formula is C17H15N5OS3. The molecule has 4 aromatic heterocycles. The van der Waals surface area contributed by atoms with Gasteiger partial charge in [-0.15, -0.1) is 32.9 Å². The van der Waals surface area contributed by atoms with Crippen molar-refractivity contribution in [1.29, 1.82) is 0 Å². The first kappa shape index (κ1) is 16.2. The van der Waals surface area contributed by atoms with Crippen molar-refractivity contribution in [3.63, 3.8) is 0 Å². The molecule has 1 fully saturated rings. The van der Waals surface area contributed by atoms with Gasteiger partial charge in [-0.2, -0.15) is 0 Å². The van der Waals surface area contributed by atoms with Gasteiger partial charge in [-0.25, -0.2) is 4.98 Å². The van der Waals surface area contributed by atoms with E-state index in [9.17, 15) is 4.79 Å². The summed E-state index contributed by atoms with van der Waals surface area (Å²) in [5, 5.41) is 13.8. The molecule has 1 saturated carbocycles. The number of nitrogens with zero attached hydrogens (tertiary/aromatic N) is 4. The summed E-state index contributed by atoms with van der Waals surface area (Å²) < 4.78 is 2.12. The maximum absolute atomic E-state index is 12.7. The summed E-state index contributed by atoms with van der Waals surface area (Å²) in [6.45, 7) is 2.04. The zero-order valence-electron chi connectivity index (χ0n) is 13.9. The molecule has 1 aliphatic carbocycles. The van der Waals surface area contributed by atoms with Crippen LogP contribution in [0.4, 0.5) is 0 Å². The molecule has 0 radical (unpaired) electrons. The minimum atomic E-state index is -0.0780. The van der Waals surface area contributed by atoms with Gasteiger partial charge in [0, 0.05) is 21.9 Å². The fourth-order valence-electron chi connectivity index (χ4n) is 2.90. The third-order valence-electron chi connectivity index (χ3n) is 4.40. The van der Waals surface area contributed by atoms with E-state index in [1.165, 1.54) is 24.2 Å². The summed E-state index contributed by atoms with van der Waals surface area (Å²) in [6.07, 6.45) is 4.15. The summed E-state index contributed by atoms with van der Waals surface area (Å²) in [6, 6.07) is 4.55. The van der Waals surface area contributed by atoms with E-state index in [0.29, 0.717) is 17.3 Å². The lowest BCUT2D eigenvalue weighted by Gasteiger charge is -2.11. The van der Waals surface area contributed by atoms with E-state index in [0.717, 1.165) is 20.4 Å². The van der Waals surface area contributed by atoms with Crippen molar-refractivity contribution in [3.05, 3.63) is 45.4 Å². The maximum atomic E-state index is 12.7. The number of hydrogen-bond acceptors (Lipinski definition) is 7. The van der Waals surface area contributed by atoms with E-state index in [1.54, 1.807) is 29.4 Å². The van der Waals surface area contributed by atoms with Crippen LogP contribution in [0.25, 0.3) is 20.7 Å². The molecule has 9 heteroatoms. The Morgan fingerprint density at radius 2 is 2.27 bits per heavy atom. The lowest BCUT2D eigenvalue weighted by molar-refractivity contribution is 0.661. The molecule has 0 aromatic carbocycles. The lowest BCUT2D eigenvalue weighted by Crippen LogP contribution is -2.12. The van der Waals surface area contributed by atoms with Crippen LogP contribution in [-0.2, 0) is 0 Å². The third kappa shape index (κ3) is 2.80. The Bertz CT molecular complexity index is 1120. The van der Waals surface area contributed by atoms with Gasteiger partial charge in [0.2, 0.25) is 0 Å². The second kappa shape index (κ2) is 6.33. The van der Waals surface area contributed by atoms with Crippen molar-refractivity contribution in [2.24, 2.45) is 0 Å². The summed E-state index contributed by atoms with van der Waals surface area (Å²) in [5.74, 6) is 0.678. The van der Waals surface area contributed by atoms with E-state index in [1.807, 2.05) is 29.8 Å². The Hall–Kier alpha value is -1.97. The Labute approximate surface area is 161 Å². The van der Waals surface area contributed by atoms with Gasteiger partial charge in [0.1, 0.15) is 17.0 Å². The number of fused-ring (bicyclic) bond motifs is 1. The first-order valence-electron chi connectivity index (χ1n) is 8.32. The molecule has 4 aromatic rings. The van der Waals surface area contributed by atoms with Crippen molar-refractivity contribution in [1.82, 2.24) is 24.7 Å². The predicted octanol–water partition coefficient (Wildman–Crippen LogP) is 4.49. The third-order valence-corrected chi connectivity index (χ3v) is 7.25. The lowest BCUT2D eigenvalue weighted by atomic mass is 10.2. The van der Waals surface area contributed by atoms with Crippen LogP contribution in [0.5, 0.6) is 0 Å². The monoisotopic (exact) mass is 401 g/mol. The van der Waals surface area contributed by atoms with Gasteiger partial charge < -0.3 is 9.55 Å². The fraction of sp³-hybridized carbons (Fsp3) is 0.294. The highest BCUT2D eigenvalue weighted by molar-refractivity contribution is 7.99. The normalized spacial score (nSPS) is 15.6. The van der Waals surface area contributed by atoms with E-state index < -0.39 is 0 Å². The SMILES string of the molecule is CC(Sc1nncn1C1CC1)c1nc2scc(-c3cccs3)c2c(=O)[nH]1. The van der Waals surface area contributed by atoms with Crippen LogP contribution < -0.4 is 5.56 Å². The molecule has 0 saturated heterocycles. The molecule has 132 valence electrons. The number of aromatic nitrogens is 5. The first-order valence-corrected chi connectivity index (χ1v) is 11.0. The van der Waals surface area contributed by atoms with Crippen LogP contribution in [0.2, 0.25) is 0 Å². The van der Waals surface area contributed by atoms with Crippen molar-refractivity contribution in [3.8, 4) is 10.4 Å². The molecule has 6 nitrogen and oxygen atoms in total. The number of aromatic amines is 1. The zero-order valence-corrected chi connectivity index (χ0v) is 16.3. The van der Waals surface area contributed by atoms with Crippen molar-refractivity contribution >= 4 is 44.7 Å². The molecule has 0 aliphatic heterocycles. The number of rotatable bonds is 5. The van der Waals surface area contributed by atoms with Crippen molar-refractivity contribution < 1.29 is 0 Å². The summed E-state index contributed by atoms with van der Waals surface area (Å²) >= 11 is 4.73. The molecule has 26 heavy (non-hydrogen) atoms. The van der Waals surface area contributed by atoms with Gasteiger partial charge in [-0.05, 0) is 31.2 Å². The molecule has 1 N–H and O–H groups in total. The van der Waals surface area contributed by atoms with E-state index >= 15 is 0 Å². The molecule has 0 amide bonds. The van der Waals surface area contributed by atoms with Gasteiger partial charge in [-0.1, -0.05) is 17.8 Å². The number of nitrogens with one attached hydrogen (secondary N) is 1. The van der Waals surface area contributed by atoms with Gasteiger partial charge in [-0.3, -0.25) is 4.79 Å². The quantitative estimate of drug-likeness (QED) is 0.499. The van der Waals surface area contributed by atoms with Crippen LogP contribution in [0.1, 0.15) is 36.9 Å². The minimum Gasteiger partial charge on any atom is -0.309 e. The topological polar surface area (TPSA) is 76.5 Å².